The van der Waals surface area contributed by atoms with E-state index in [4.69, 9.17) is 39.8 Å². The number of nitrogens with zero attached hydrogens (tertiary/aromatic N) is 4. The molecule has 0 radical (unpaired) electrons. The maximum Gasteiger partial charge on any atom is 0.167 e. The van der Waals surface area contributed by atoms with Crippen LogP contribution in [0.15, 0.2) is 29.4 Å². The summed E-state index contributed by atoms with van der Waals surface area (Å²) >= 11 is 20.7. The van der Waals surface area contributed by atoms with E-state index in [0.717, 1.165) is 42.3 Å². The molecule has 0 aliphatic rings. The second kappa shape index (κ2) is 8.91. The maximum atomic E-state index is 6.57. The highest BCUT2D eigenvalue weighted by Gasteiger charge is 2.23. The SMILES string of the molecule is CCCN(CCC)c1c(SC)nc2c(-c3ccc(Cl)cc3Cl)ncc(Cl)n12. The molecule has 0 bridgehead atoms. The third-order valence-electron chi connectivity index (χ3n) is 4.21. The minimum Gasteiger partial charge on any atom is -0.355 e. The number of halogens is 3. The summed E-state index contributed by atoms with van der Waals surface area (Å²) in [6.07, 6.45) is 5.76. The van der Waals surface area contributed by atoms with Crippen molar-refractivity contribution < 1.29 is 0 Å². The van der Waals surface area contributed by atoms with Crippen LogP contribution in [0.5, 0.6) is 0 Å². The second-order valence-corrected chi connectivity index (χ2v) is 8.17. The highest BCUT2D eigenvalue weighted by Crippen LogP contribution is 2.38. The van der Waals surface area contributed by atoms with Gasteiger partial charge in [-0.15, -0.1) is 11.8 Å². The van der Waals surface area contributed by atoms with E-state index >= 15 is 0 Å². The van der Waals surface area contributed by atoms with Crippen LogP contribution < -0.4 is 4.90 Å². The molecule has 3 rings (SSSR count). The Labute approximate surface area is 178 Å². The van der Waals surface area contributed by atoms with Crippen LogP contribution in [0.25, 0.3) is 16.9 Å². The minimum absolute atomic E-state index is 0.527. The fourth-order valence-electron chi connectivity index (χ4n) is 3.14. The van der Waals surface area contributed by atoms with Crippen LogP contribution in [-0.4, -0.2) is 33.7 Å². The van der Waals surface area contributed by atoms with Crippen LogP contribution >= 0.6 is 46.6 Å². The van der Waals surface area contributed by atoms with E-state index in [-0.39, 0.29) is 0 Å². The Morgan fingerprint density at radius 3 is 2.41 bits per heavy atom. The monoisotopic (exact) mass is 442 g/mol. The van der Waals surface area contributed by atoms with Gasteiger partial charge in [-0.1, -0.05) is 48.7 Å². The first-order chi connectivity index (χ1) is 13.0. The fraction of sp³-hybridized carbons (Fsp3) is 0.368. The maximum absolute atomic E-state index is 6.57. The molecule has 0 fully saturated rings. The van der Waals surface area contributed by atoms with E-state index in [1.807, 2.05) is 16.7 Å². The molecule has 0 saturated carbocycles. The summed E-state index contributed by atoms with van der Waals surface area (Å²) in [5.41, 5.74) is 2.17. The van der Waals surface area contributed by atoms with Gasteiger partial charge in [0.15, 0.2) is 5.65 Å². The van der Waals surface area contributed by atoms with Crippen molar-refractivity contribution >= 4 is 58.0 Å². The van der Waals surface area contributed by atoms with Gasteiger partial charge in [0, 0.05) is 23.7 Å². The molecule has 2 heterocycles. The van der Waals surface area contributed by atoms with Gasteiger partial charge in [-0.05, 0) is 37.3 Å². The number of benzene rings is 1. The number of fused-ring (bicyclic) bond motifs is 1. The zero-order valence-corrected chi connectivity index (χ0v) is 18.6. The Morgan fingerprint density at radius 2 is 1.81 bits per heavy atom. The van der Waals surface area contributed by atoms with Gasteiger partial charge in [-0.2, -0.15) is 0 Å². The first kappa shape index (κ1) is 20.6. The Balaban J connectivity index is 2.30. The molecule has 0 aliphatic carbocycles. The second-order valence-electron chi connectivity index (χ2n) is 6.14. The number of hydrogen-bond donors (Lipinski definition) is 0. The average Bonchev–Trinajstić information content (AvgIpc) is 3.03. The van der Waals surface area contributed by atoms with E-state index < -0.39 is 0 Å². The van der Waals surface area contributed by atoms with Crippen molar-refractivity contribution in [3.8, 4) is 11.3 Å². The van der Waals surface area contributed by atoms with Gasteiger partial charge >= 0.3 is 0 Å². The third kappa shape index (κ3) is 4.02. The van der Waals surface area contributed by atoms with E-state index in [0.29, 0.717) is 26.5 Å². The summed E-state index contributed by atoms with van der Waals surface area (Å²) in [5.74, 6) is 1.01. The normalized spacial score (nSPS) is 11.3. The molecule has 0 unspecified atom stereocenters. The van der Waals surface area contributed by atoms with Gasteiger partial charge in [0.1, 0.15) is 21.7 Å². The van der Waals surface area contributed by atoms with Gasteiger partial charge in [0.2, 0.25) is 0 Å². The molecule has 0 aliphatic heterocycles. The largest absolute Gasteiger partial charge is 0.355 e. The van der Waals surface area contributed by atoms with Crippen LogP contribution in [0.2, 0.25) is 15.2 Å². The van der Waals surface area contributed by atoms with Gasteiger partial charge < -0.3 is 4.90 Å². The lowest BCUT2D eigenvalue weighted by atomic mass is 10.1. The number of anilines is 1. The average molecular weight is 444 g/mol. The number of aromatic nitrogens is 3. The lowest BCUT2D eigenvalue weighted by molar-refractivity contribution is 0.723. The van der Waals surface area contributed by atoms with Crippen LogP contribution in [-0.2, 0) is 0 Å². The van der Waals surface area contributed by atoms with Crippen LogP contribution in [0.3, 0.4) is 0 Å². The lowest BCUT2D eigenvalue weighted by Gasteiger charge is -2.24. The summed E-state index contributed by atoms with van der Waals surface area (Å²) in [6.45, 7) is 6.22. The van der Waals surface area contributed by atoms with Crippen molar-refractivity contribution in [1.82, 2.24) is 14.4 Å². The summed E-state index contributed by atoms with van der Waals surface area (Å²) in [6, 6.07) is 5.38. The molecule has 0 N–H and O–H groups in total. The molecule has 2 aromatic heterocycles. The zero-order chi connectivity index (χ0) is 19.6. The lowest BCUT2D eigenvalue weighted by Crippen LogP contribution is -2.26. The van der Waals surface area contributed by atoms with Gasteiger partial charge in [0.05, 0.1) is 11.2 Å². The molecule has 3 aromatic rings. The number of rotatable bonds is 7. The Kier molecular flexibility index (Phi) is 6.79. The molecule has 1 aromatic carbocycles. The highest BCUT2D eigenvalue weighted by atomic mass is 35.5. The predicted octanol–water partition coefficient (Wildman–Crippen LogP) is 6.70. The van der Waals surface area contributed by atoms with Gasteiger partial charge in [-0.25, -0.2) is 9.97 Å². The van der Waals surface area contributed by atoms with Crippen molar-refractivity contribution in [3.63, 3.8) is 0 Å². The number of imidazole rings is 1. The Bertz CT molecular complexity index is 952. The molecule has 4 nitrogen and oxygen atoms in total. The number of thioether (sulfide) groups is 1. The van der Waals surface area contributed by atoms with Gasteiger partial charge in [-0.3, -0.25) is 4.40 Å². The standard InChI is InChI=1S/C19H21Cl3N4S/c1-4-8-25(9-5-2)19-18(27-3)24-17-16(23-11-15(22)26(17)19)13-7-6-12(20)10-14(13)21/h6-7,10-11H,4-5,8-9H2,1-3H3. The van der Waals surface area contributed by atoms with Crippen LogP contribution in [0, 0.1) is 0 Å². The molecule has 8 heteroatoms. The molecule has 0 saturated heterocycles. The fourth-order valence-corrected chi connectivity index (χ4v) is 4.42. The predicted molar refractivity (Wildman–Crippen MR) is 118 cm³/mol. The summed E-state index contributed by atoms with van der Waals surface area (Å²) in [4.78, 5) is 11.7. The molecular weight excluding hydrogens is 423 g/mol. The number of hydrogen-bond acceptors (Lipinski definition) is 4. The summed E-state index contributed by atoms with van der Waals surface area (Å²) in [5, 5.41) is 2.57. The highest BCUT2D eigenvalue weighted by molar-refractivity contribution is 7.98. The van der Waals surface area contributed by atoms with Crippen molar-refractivity contribution in [3.05, 3.63) is 39.6 Å². The van der Waals surface area contributed by atoms with E-state index in [2.05, 4.69) is 23.7 Å². The van der Waals surface area contributed by atoms with Crippen molar-refractivity contribution in [2.45, 2.75) is 31.7 Å². The smallest absolute Gasteiger partial charge is 0.167 e. The quantitative estimate of drug-likeness (QED) is 0.380. The molecule has 0 spiro atoms. The molecule has 0 atom stereocenters. The Morgan fingerprint density at radius 1 is 1.11 bits per heavy atom. The first-order valence-electron chi connectivity index (χ1n) is 8.83. The van der Waals surface area contributed by atoms with E-state index in [1.54, 1.807) is 30.1 Å². The summed E-state index contributed by atoms with van der Waals surface area (Å²) < 4.78 is 1.98. The van der Waals surface area contributed by atoms with Crippen molar-refractivity contribution in [2.75, 3.05) is 24.2 Å². The van der Waals surface area contributed by atoms with Gasteiger partial charge in [0.25, 0.3) is 0 Å². The zero-order valence-electron chi connectivity index (χ0n) is 15.5. The minimum atomic E-state index is 0.527. The van der Waals surface area contributed by atoms with E-state index in [1.165, 1.54) is 0 Å². The third-order valence-corrected chi connectivity index (χ3v) is 5.69. The first-order valence-corrected chi connectivity index (χ1v) is 11.2. The molecule has 27 heavy (non-hydrogen) atoms. The van der Waals surface area contributed by atoms with Crippen molar-refractivity contribution in [2.24, 2.45) is 0 Å². The summed E-state index contributed by atoms with van der Waals surface area (Å²) in [7, 11) is 0. The van der Waals surface area contributed by atoms with Crippen molar-refractivity contribution in [1.29, 1.82) is 0 Å². The molecule has 0 amide bonds. The van der Waals surface area contributed by atoms with Crippen LogP contribution in [0.4, 0.5) is 5.82 Å². The molecular formula is C19H21Cl3N4S. The topological polar surface area (TPSA) is 33.4 Å². The molecule has 144 valence electrons. The van der Waals surface area contributed by atoms with Crippen LogP contribution in [0.1, 0.15) is 26.7 Å². The van der Waals surface area contributed by atoms with E-state index in [9.17, 15) is 0 Å². The Hall–Kier alpha value is -1.14.